The Morgan fingerprint density at radius 1 is 1.04 bits per heavy atom. The summed E-state index contributed by atoms with van der Waals surface area (Å²) in [5, 5.41) is 8.77. The molecule has 0 aliphatic carbocycles. The van der Waals surface area contributed by atoms with Gasteiger partial charge in [0.15, 0.2) is 0 Å². The van der Waals surface area contributed by atoms with Crippen molar-refractivity contribution in [3.63, 3.8) is 0 Å². The third kappa shape index (κ3) is 5.18. The summed E-state index contributed by atoms with van der Waals surface area (Å²) in [5.41, 5.74) is 0.583. The summed E-state index contributed by atoms with van der Waals surface area (Å²) in [7, 11) is 1.32. The fraction of sp³-hybridized carbons (Fsp3) is 0.158. The molecular weight excluding hydrogens is 306 g/mol. The van der Waals surface area contributed by atoms with Gasteiger partial charge in [-0.2, -0.15) is 5.26 Å². The van der Waals surface area contributed by atoms with E-state index >= 15 is 0 Å². The van der Waals surface area contributed by atoms with E-state index in [0.717, 1.165) is 0 Å². The first-order valence-corrected chi connectivity index (χ1v) is 7.31. The molecule has 0 bridgehead atoms. The molecule has 0 saturated carbocycles. The number of carbonyl (C=O) groups excluding carboxylic acids is 1. The third-order valence-corrected chi connectivity index (χ3v) is 3.07. The van der Waals surface area contributed by atoms with E-state index in [1.54, 1.807) is 54.6 Å². The lowest BCUT2D eigenvalue weighted by atomic mass is 10.2. The summed E-state index contributed by atoms with van der Waals surface area (Å²) in [6, 6.07) is 16.1. The van der Waals surface area contributed by atoms with Crippen LogP contribution in [0.3, 0.4) is 0 Å². The first-order valence-electron chi connectivity index (χ1n) is 7.31. The van der Waals surface area contributed by atoms with Gasteiger partial charge in [0.25, 0.3) is 0 Å². The summed E-state index contributed by atoms with van der Waals surface area (Å²) in [6.07, 6.45) is 2.68. The number of nitrogens with zero attached hydrogens (tertiary/aromatic N) is 1. The smallest absolute Gasteiger partial charge is 0.330 e. The van der Waals surface area contributed by atoms with Crippen molar-refractivity contribution in [3.8, 4) is 23.3 Å². The summed E-state index contributed by atoms with van der Waals surface area (Å²) >= 11 is 0. The van der Waals surface area contributed by atoms with Gasteiger partial charge in [0.1, 0.15) is 23.4 Å². The number of rotatable bonds is 6. The average molecular weight is 323 g/mol. The van der Waals surface area contributed by atoms with Crippen LogP contribution in [0.2, 0.25) is 0 Å². The lowest BCUT2D eigenvalue weighted by Crippen LogP contribution is -2.09. The molecule has 0 saturated heterocycles. The van der Waals surface area contributed by atoms with Crippen LogP contribution in [0.5, 0.6) is 17.2 Å². The van der Waals surface area contributed by atoms with Crippen LogP contribution < -0.4 is 9.47 Å². The molecule has 2 aromatic rings. The van der Waals surface area contributed by atoms with E-state index in [2.05, 4.69) is 10.8 Å². The normalized spacial score (nSPS) is 11.5. The number of hydrogen-bond donors (Lipinski definition) is 0. The number of ether oxygens (including phenoxy) is 3. The highest BCUT2D eigenvalue weighted by atomic mass is 16.5. The molecule has 0 heterocycles. The first kappa shape index (κ1) is 17.1. The second-order valence-electron chi connectivity index (χ2n) is 4.91. The quantitative estimate of drug-likeness (QED) is 0.596. The predicted molar refractivity (Wildman–Crippen MR) is 88.9 cm³/mol. The van der Waals surface area contributed by atoms with E-state index in [4.69, 9.17) is 14.7 Å². The Morgan fingerprint density at radius 3 is 2.12 bits per heavy atom. The molecule has 0 N–H and O–H groups in total. The van der Waals surface area contributed by atoms with Gasteiger partial charge in [0.05, 0.1) is 18.7 Å². The Hall–Kier alpha value is -3.26. The Balaban J connectivity index is 1.93. The van der Waals surface area contributed by atoms with E-state index in [9.17, 15) is 4.79 Å². The second-order valence-corrected chi connectivity index (χ2v) is 4.91. The molecule has 1 unspecified atom stereocenters. The summed E-state index contributed by atoms with van der Waals surface area (Å²) in [6.45, 7) is 1.82. The predicted octanol–water partition coefficient (Wildman–Crippen LogP) is 3.85. The maximum absolute atomic E-state index is 11.0. The molecule has 5 nitrogen and oxygen atoms in total. The number of methoxy groups -OCH3 is 1. The topological polar surface area (TPSA) is 68.6 Å². The van der Waals surface area contributed by atoms with Gasteiger partial charge in [0, 0.05) is 6.08 Å². The zero-order valence-corrected chi connectivity index (χ0v) is 13.4. The van der Waals surface area contributed by atoms with Gasteiger partial charge in [-0.25, -0.2) is 4.79 Å². The Morgan fingerprint density at radius 2 is 1.58 bits per heavy atom. The highest BCUT2D eigenvalue weighted by Gasteiger charge is 2.03. The highest BCUT2D eigenvalue weighted by Crippen LogP contribution is 2.24. The lowest BCUT2D eigenvalue weighted by molar-refractivity contribution is -0.134. The largest absolute Gasteiger partial charge is 0.487 e. The van der Waals surface area contributed by atoms with Crippen LogP contribution >= 0.6 is 0 Å². The molecule has 1 atom stereocenters. The van der Waals surface area contributed by atoms with Gasteiger partial charge in [-0.1, -0.05) is 0 Å². The van der Waals surface area contributed by atoms with Crippen molar-refractivity contribution < 1.29 is 19.0 Å². The average Bonchev–Trinajstić information content (AvgIpc) is 2.62. The molecule has 122 valence electrons. The molecule has 2 aromatic carbocycles. The van der Waals surface area contributed by atoms with Crippen molar-refractivity contribution in [1.29, 1.82) is 5.26 Å². The van der Waals surface area contributed by atoms with Gasteiger partial charge in [-0.3, -0.25) is 0 Å². The maximum atomic E-state index is 11.0. The van der Waals surface area contributed by atoms with Gasteiger partial charge < -0.3 is 14.2 Å². The highest BCUT2D eigenvalue weighted by molar-refractivity contribution is 5.81. The number of benzene rings is 2. The molecular formula is C19H17NO4. The third-order valence-electron chi connectivity index (χ3n) is 3.07. The minimum absolute atomic E-state index is 0.269. The Labute approximate surface area is 140 Å². The standard InChI is InChI=1S/C19H17NO4/c1-14(3-12-19(21)22-2)23-16-8-10-18(11-9-16)24-17-6-4-15(13-20)5-7-17/h3-12,14H,1-2H3/b12-3+. The maximum Gasteiger partial charge on any atom is 0.330 e. The lowest BCUT2D eigenvalue weighted by Gasteiger charge is -2.11. The molecule has 0 aromatic heterocycles. The van der Waals surface area contributed by atoms with Gasteiger partial charge >= 0.3 is 5.97 Å². The first-order chi connectivity index (χ1) is 11.6. The van der Waals surface area contributed by atoms with Crippen molar-refractivity contribution in [3.05, 3.63) is 66.2 Å². The number of hydrogen-bond acceptors (Lipinski definition) is 5. The molecule has 0 aliphatic heterocycles. The van der Waals surface area contributed by atoms with Gasteiger partial charge in [-0.15, -0.1) is 0 Å². The Kier molecular flexibility index (Phi) is 5.98. The molecule has 5 heteroatoms. The van der Waals surface area contributed by atoms with Crippen LogP contribution in [0.25, 0.3) is 0 Å². The molecule has 2 rings (SSSR count). The monoisotopic (exact) mass is 323 g/mol. The summed E-state index contributed by atoms with van der Waals surface area (Å²) in [4.78, 5) is 11.0. The van der Waals surface area contributed by atoms with Crippen LogP contribution in [0.15, 0.2) is 60.7 Å². The van der Waals surface area contributed by atoms with Crippen molar-refractivity contribution in [2.24, 2.45) is 0 Å². The van der Waals surface area contributed by atoms with Crippen molar-refractivity contribution >= 4 is 5.97 Å². The molecule has 0 fully saturated rings. The molecule has 0 aliphatic rings. The van der Waals surface area contributed by atoms with E-state index in [0.29, 0.717) is 22.8 Å². The van der Waals surface area contributed by atoms with Crippen LogP contribution in [-0.4, -0.2) is 19.2 Å². The SMILES string of the molecule is COC(=O)/C=C/C(C)Oc1ccc(Oc2ccc(C#N)cc2)cc1. The van der Waals surface area contributed by atoms with E-state index < -0.39 is 5.97 Å². The van der Waals surface area contributed by atoms with Crippen LogP contribution in [0, 0.1) is 11.3 Å². The van der Waals surface area contributed by atoms with Gasteiger partial charge in [-0.05, 0) is 61.5 Å². The summed E-state index contributed by atoms with van der Waals surface area (Å²) in [5.74, 6) is 1.54. The minimum Gasteiger partial charge on any atom is -0.487 e. The van der Waals surface area contributed by atoms with E-state index in [1.807, 2.05) is 6.92 Å². The molecule has 0 radical (unpaired) electrons. The molecule has 24 heavy (non-hydrogen) atoms. The fourth-order valence-electron chi connectivity index (χ4n) is 1.86. The molecule has 0 spiro atoms. The zero-order valence-electron chi connectivity index (χ0n) is 13.4. The second kappa shape index (κ2) is 8.39. The van der Waals surface area contributed by atoms with Crippen LogP contribution in [-0.2, 0) is 9.53 Å². The zero-order chi connectivity index (χ0) is 17.4. The van der Waals surface area contributed by atoms with Crippen molar-refractivity contribution in [1.82, 2.24) is 0 Å². The van der Waals surface area contributed by atoms with Crippen LogP contribution in [0.4, 0.5) is 0 Å². The Bertz CT molecular complexity index is 742. The number of carbonyl (C=O) groups is 1. The van der Waals surface area contributed by atoms with Gasteiger partial charge in [0.2, 0.25) is 0 Å². The number of esters is 1. The van der Waals surface area contributed by atoms with E-state index in [-0.39, 0.29) is 6.10 Å². The molecule has 0 amide bonds. The van der Waals surface area contributed by atoms with Crippen molar-refractivity contribution in [2.45, 2.75) is 13.0 Å². The summed E-state index contributed by atoms with van der Waals surface area (Å²) < 4.78 is 15.9. The number of nitriles is 1. The minimum atomic E-state index is -0.420. The van der Waals surface area contributed by atoms with Crippen molar-refractivity contribution in [2.75, 3.05) is 7.11 Å². The van der Waals surface area contributed by atoms with E-state index in [1.165, 1.54) is 13.2 Å². The van der Waals surface area contributed by atoms with Crippen LogP contribution in [0.1, 0.15) is 12.5 Å². The fourth-order valence-corrected chi connectivity index (χ4v) is 1.86.